The minimum Gasteiger partial charge on any atom is -0.336 e. The first-order valence-electron chi connectivity index (χ1n) is 8.02. The molecule has 3 heterocycles. The molecule has 1 atom stereocenters. The van der Waals surface area contributed by atoms with Crippen LogP contribution in [0.25, 0.3) is 0 Å². The first-order chi connectivity index (χ1) is 11.1. The monoisotopic (exact) mass is 335 g/mol. The van der Waals surface area contributed by atoms with Gasteiger partial charge >= 0.3 is 0 Å². The number of carbonyl (C=O) groups is 1. The summed E-state index contributed by atoms with van der Waals surface area (Å²) in [5.41, 5.74) is 1.61. The van der Waals surface area contributed by atoms with E-state index in [-0.39, 0.29) is 18.5 Å². The van der Waals surface area contributed by atoms with Crippen molar-refractivity contribution in [3.63, 3.8) is 0 Å². The number of hydrogen-bond acceptors (Lipinski definition) is 3. The molecule has 1 aliphatic rings. The number of carbonyl (C=O) groups excluding carboxylic acids is 1. The standard InChI is InChI=1S/C16H22ClN5O/c1-12-16(17)13(2)22(19-12)11-15(23)21-9-4-3-6-14(21)10-20-8-5-7-18-20/h5,7-8,14H,3-4,6,9-11H2,1-2H3/t14-/m0/s1. The second-order valence-corrected chi connectivity index (χ2v) is 6.49. The number of piperidine rings is 1. The van der Waals surface area contributed by atoms with Gasteiger partial charge in [0.2, 0.25) is 5.91 Å². The quantitative estimate of drug-likeness (QED) is 0.862. The zero-order chi connectivity index (χ0) is 16.4. The van der Waals surface area contributed by atoms with Crippen LogP contribution in [0.3, 0.4) is 0 Å². The molecule has 0 spiro atoms. The Morgan fingerprint density at radius 1 is 1.39 bits per heavy atom. The van der Waals surface area contributed by atoms with Gasteiger partial charge in [-0.15, -0.1) is 0 Å². The van der Waals surface area contributed by atoms with Crippen LogP contribution in [0.2, 0.25) is 5.02 Å². The number of nitrogens with zero attached hydrogens (tertiary/aromatic N) is 5. The van der Waals surface area contributed by atoms with Crippen LogP contribution in [-0.2, 0) is 17.9 Å². The average Bonchev–Trinajstić information content (AvgIpc) is 3.13. The average molecular weight is 336 g/mol. The van der Waals surface area contributed by atoms with E-state index in [2.05, 4.69) is 10.2 Å². The summed E-state index contributed by atoms with van der Waals surface area (Å²) >= 11 is 6.17. The molecule has 0 radical (unpaired) electrons. The van der Waals surface area contributed by atoms with Crippen LogP contribution < -0.4 is 0 Å². The molecule has 3 rings (SSSR count). The lowest BCUT2D eigenvalue weighted by molar-refractivity contribution is -0.136. The minimum absolute atomic E-state index is 0.101. The van der Waals surface area contributed by atoms with Crippen molar-refractivity contribution in [3.8, 4) is 0 Å². The van der Waals surface area contributed by atoms with Gasteiger partial charge in [-0.05, 0) is 39.2 Å². The van der Waals surface area contributed by atoms with Gasteiger partial charge in [0.25, 0.3) is 0 Å². The first kappa shape index (κ1) is 16.1. The summed E-state index contributed by atoms with van der Waals surface area (Å²) in [4.78, 5) is 14.8. The van der Waals surface area contributed by atoms with Crippen molar-refractivity contribution in [2.75, 3.05) is 6.54 Å². The Bertz CT molecular complexity index is 679. The summed E-state index contributed by atoms with van der Waals surface area (Å²) in [7, 11) is 0. The molecule has 0 N–H and O–H groups in total. The fraction of sp³-hybridized carbons (Fsp3) is 0.562. The normalized spacial score (nSPS) is 18.4. The van der Waals surface area contributed by atoms with Gasteiger partial charge < -0.3 is 4.90 Å². The maximum Gasteiger partial charge on any atom is 0.244 e. The molecule has 0 aromatic carbocycles. The Hall–Kier alpha value is -1.82. The molecule has 0 saturated carbocycles. The van der Waals surface area contributed by atoms with E-state index in [0.29, 0.717) is 5.02 Å². The third-order valence-electron chi connectivity index (χ3n) is 4.48. The van der Waals surface area contributed by atoms with Crippen LogP contribution >= 0.6 is 11.6 Å². The van der Waals surface area contributed by atoms with Crippen LogP contribution in [0.4, 0.5) is 0 Å². The molecule has 1 aliphatic heterocycles. The Morgan fingerprint density at radius 2 is 2.22 bits per heavy atom. The van der Waals surface area contributed by atoms with E-state index in [0.717, 1.165) is 43.7 Å². The second-order valence-electron chi connectivity index (χ2n) is 6.11. The molecule has 7 heteroatoms. The van der Waals surface area contributed by atoms with Gasteiger partial charge in [-0.1, -0.05) is 11.6 Å². The van der Waals surface area contributed by atoms with Crippen molar-refractivity contribution in [1.29, 1.82) is 0 Å². The van der Waals surface area contributed by atoms with E-state index in [1.54, 1.807) is 10.9 Å². The molecular formula is C16H22ClN5O. The molecule has 124 valence electrons. The third kappa shape index (κ3) is 3.42. The summed E-state index contributed by atoms with van der Waals surface area (Å²) in [6, 6.07) is 2.11. The number of amides is 1. The molecule has 1 fully saturated rings. The first-order valence-corrected chi connectivity index (χ1v) is 8.40. The Kier molecular flexibility index (Phi) is 4.71. The van der Waals surface area contributed by atoms with E-state index in [1.165, 1.54) is 0 Å². The molecule has 2 aromatic heterocycles. The maximum atomic E-state index is 12.8. The third-order valence-corrected chi connectivity index (χ3v) is 5.03. The van der Waals surface area contributed by atoms with E-state index in [4.69, 9.17) is 11.6 Å². The largest absolute Gasteiger partial charge is 0.336 e. The van der Waals surface area contributed by atoms with Gasteiger partial charge in [0.15, 0.2) is 0 Å². The predicted molar refractivity (Wildman–Crippen MR) is 88.3 cm³/mol. The SMILES string of the molecule is Cc1nn(CC(=O)N2CCCC[C@H]2Cn2cccn2)c(C)c1Cl. The van der Waals surface area contributed by atoms with Gasteiger partial charge in [-0.3, -0.25) is 14.2 Å². The van der Waals surface area contributed by atoms with Crippen LogP contribution in [0.15, 0.2) is 18.5 Å². The molecule has 0 bridgehead atoms. The number of aromatic nitrogens is 4. The molecule has 1 amide bonds. The molecule has 6 nitrogen and oxygen atoms in total. The lowest BCUT2D eigenvalue weighted by atomic mass is 10.0. The lowest BCUT2D eigenvalue weighted by Gasteiger charge is -2.35. The number of aryl methyl sites for hydroxylation is 1. The van der Waals surface area contributed by atoms with Gasteiger partial charge in [-0.2, -0.15) is 10.2 Å². The summed E-state index contributed by atoms with van der Waals surface area (Å²) in [5.74, 6) is 0.101. The number of rotatable bonds is 4. The Morgan fingerprint density at radius 3 is 2.87 bits per heavy atom. The number of halogens is 1. The lowest BCUT2D eigenvalue weighted by Crippen LogP contribution is -2.47. The van der Waals surface area contributed by atoms with Crippen molar-refractivity contribution in [2.24, 2.45) is 0 Å². The summed E-state index contributed by atoms with van der Waals surface area (Å²) < 4.78 is 3.61. The fourth-order valence-corrected chi connectivity index (χ4v) is 3.33. The molecule has 1 saturated heterocycles. The predicted octanol–water partition coefficient (Wildman–Crippen LogP) is 2.43. The van der Waals surface area contributed by atoms with Crippen LogP contribution in [0, 0.1) is 13.8 Å². The van der Waals surface area contributed by atoms with Gasteiger partial charge in [-0.25, -0.2) is 0 Å². The maximum absolute atomic E-state index is 12.8. The van der Waals surface area contributed by atoms with E-state index >= 15 is 0 Å². The zero-order valence-electron chi connectivity index (χ0n) is 13.6. The van der Waals surface area contributed by atoms with Gasteiger partial charge in [0.05, 0.1) is 29.0 Å². The highest BCUT2D eigenvalue weighted by molar-refractivity contribution is 6.31. The molecule has 23 heavy (non-hydrogen) atoms. The molecule has 0 unspecified atom stereocenters. The zero-order valence-corrected chi connectivity index (χ0v) is 14.3. The minimum atomic E-state index is 0.101. The van der Waals surface area contributed by atoms with E-state index in [1.807, 2.05) is 35.7 Å². The van der Waals surface area contributed by atoms with E-state index < -0.39 is 0 Å². The van der Waals surface area contributed by atoms with Crippen LogP contribution in [0.5, 0.6) is 0 Å². The van der Waals surface area contributed by atoms with Crippen molar-refractivity contribution in [1.82, 2.24) is 24.5 Å². The second kappa shape index (κ2) is 6.74. The van der Waals surface area contributed by atoms with Crippen LogP contribution in [0.1, 0.15) is 30.7 Å². The van der Waals surface area contributed by atoms with Crippen LogP contribution in [-0.4, -0.2) is 43.0 Å². The van der Waals surface area contributed by atoms with Crippen molar-refractivity contribution in [2.45, 2.75) is 52.2 Å². The number of likely N-dealkylation sites (tertiary alicyclic amines) is 1. The topological polar surface area (TPSA) is 56.0 Å². The molecular weight excluding hydrogens is 314 g/mol. The Balaban J connectivity index is 1.72. The molecule has 0 aliphatic carbocycles. The molecule has 2 aromatic rings. The van der Waals surface area contributed by atoms with Crippen molar-refractivity contribution < 1.29 is 4.79 Å². The summed E-state index contributed by atoms with van der Waals surface area (Å²) in [5, 5.41) is 9.27. The van der Waals surface area contributed by atoms with Gasteiger partial charge in [0.1, 0.15) is 6.54 Å². The summed E-state index contributed by atoms with van der Waals surface area (Å²) in [6.07, 6.45) is 6.94. The van der Waals surface area contributed by atoms with Crippen molar-refractivity contribution in [3.05, 3.63) is 34.9 Å². The Labute approximate surface area is 141 Å². The highest BCUT2D eigenvalue weighted by Gasteiger charge is 2.27. The number of hydrogen-bond donors (Lipinski definition) is 0. The van der Waals surface area contributed by atoms with Gasteiger partial charge in [0, 0.05) is 18.9 Å². The summed E-state index contributed by atoms with van der Waals surface area (Å²) in [6.45, 7) is 5.55. The fourth-order valence-electron chi connectivity index (χ4n) is 3.19. The highest BCUT2D eigenvalue weighted by atomic mass is 35.5. The van der Waals surface area contributed by atoms with E-state index in [9.17, 15) is 4.79 Å². The highest BCUT2D eigenvalue weighted by Crippen LogP contribution is 2.21. The van der Waals surface area contributed by atoms with Crippen molar-refractivity contribution >= 4 is 17.5 Å². The smallest absolute Gasteiger partial charge is 0.244 e.